The average Bonchev–Trinajstić information content (AvgIpc) is 3.03. The normalized spacial score (nSPS) is 18.8. The van der Waals surface area contributed by atoms with Crippen molar-refractivity contribution in [3.05, 3.63) is 59.7 Å². The van der Waals surface area contributed by atoms with Crippen molar-refractivity contribution in [3.8, 4) is 11.1 Å². The van der Waals surface area contributed by atoms with Crippen molar-refractivity contribution in [2.45, 2.75) is 44.2 Å². The molecule has 0 bridgehead atoms. The predicted molar refractivity (Wildman–Crippen MR) is 132 cm³/mol. The fourth-order valence-corrected chi connectivity index (χ4v) is 5.24. The van der Waals surface area contributed by atoms with Crippen LogP contribution in [-0.4, -0.2) is 78.2 Å². The van der Waals surface area contributed by atoms with Gasteiger partial charge in [0.2, 0.25) is 5.91 Å². The summed E-state index contributed by atoms with van der Waals surface area (Å²) in [7, 11) is 2.01. The van der Waals surface area contributed by atoms with Crippen LogP contribution in [0.4, 0.5) is 4.79 Å². The zero-order valence-electron chi connectivity index (χ0n) is 20.3. The number of carbonyl (C=O) groups is 3. The van der Waals surface area contributed by atoms with Gasteiger partial charge in [0.1, 0.15) is 12.6 Å². The second-order valence-electron chi connectivity index (χ2n) is 9.33. The quantitative estimate of drug-likeness (QED) is 0.632. The number of alkyl carbamates (subject to hydrolysis) is 1. The highest BCUT2D eigenvalue weighted by molar-refractivity contribution is 5.89. The maximum absolute atomic E-state index is 13.4. The van der Waals surface area contributed by atoms with E-state index < -0.39 is 24.5 Å². The number of carboxylic acid groups (broad SMARTS) is 1. The van der Waals surface area contributed by atoms with Crippen molar-refractivity contribution in [2.75, 3.05) is 33.3 Å². The van der Waals surface area contributed by atoms with Crippen LogP contribution in [0.25, 0.3) is 11.1 Å². The lowest BCUT2D eigenvalue weighted by molar-refractivity contribution is -0.143. The number of hydrogen-bond acceptors (Lipinski definition) is 5. The van der Waals surface area contributed by atoms with Crippen LogP contribution < -0.4 is 5.32 Å². The van der Waals surface area contributed by atoms with Gasteiger partial charge in [0, 0.05) is 25.0 Å². The Morgan fingerprint density at radius 1 is 1.06 bits per heavy atom. The fraction of sp³-hybridized carbons (Fsp3) is 0.444. The van der Waals surface area contributed by atoms with Gasteiger partial charge in [-0.25, -0.2) is 4.79 Å². The number of aliphatic carboxylic acids is 1. The minimum absolute atomic E-state index is 0.0318. The van der Waals surface area contributed by atoms with E-state index in [2.05, 4.69) is 22.3 Å². The molecule has 1 fully saturated rings. The first-order valence-corrected chi connectivity index (χ1v) is 12.2. The van der Waals surface area contributed by atoms with Gasteiger partial charge in [-0.15, -0.1) is 0 Å². The largest absolute Gasteiger partial charge is 0.481 e. The van der Waals surface area contributed by atoms with Crippen molar-refractivity contribution < 1.29 is 24.2 Å². The number of benzene rings is 2. The number of carbonyl (C=O) groups excluding carboxylic acids is 2. The van der Waals surface area contributed by atoms with Gasteiger partial charge in [-0.2, -0.15) is 0 Å². The molecule has 1 aliphatic carbocycles. The Bertz CT molecular complexity index is 1040. The number of hydrogen-bond donors (Lipinski definition) is 2. The summed E-state index contributed by atoms with van der Waals surface area (Å²) in [6.07, 6.45) is 0.266. The van der Waals surface area contributed by atoms with Gasteiger partial charge < -0.3 is 25.0 Å². The molecule has 35 heavy (non-hydrogen) atoms. The highest BCUT2D eigenvalue weighted by atomic mass is 16.5. The molecule has 1 saturated heterocycles. The molecule has 2 atom stereocenters. The van der Waals surface area contributed by atoms with E-state index in [-0.39, 0.29) is 24.5 Å². The molecule has 186 valence electrons. The first kappa shape index (κ1) is 24.7. The van der Waals surface area contributed by atoms with Crippen LogP contribution in [0.1, 0.15) is 43.2 Å². The van der Waals surface area contributed by atoms with Crippen LogP contribution in [0.2, 0.25) is 0 Å². The topological polar surface area (TPSA) is 99.2 Å². The number of carboxylic acids is 1. The van der Waals surface area contributed by atoms with E-state index in [0.29, 0.717) is 13.1 Å². The number of amides is 2. The number of rotatable bonds is 7. The first-order valence-electron chi connectivity index (χ1n) is 12.2. The van der Waals surface area contributed by atoms with E-state index in [1.807, 2.05) is 50.4 Å². The molecule has 2 unspecified atom stereocenters. The van der Waals surface area contributed by atoms with Crippen molar-refractivity contribution in [1.29, 1.82) is 0 Å². The standard InChI is InChI=1S/C27H33N3O5/c1-3-18-16-29(2)13-8-14-30(18)26(33)24(15-25(31)32)28-27(34)35-17-23-21-11-6-4-9-19(21)20-10-5-7-12-22(20)23/h4-7,9-12,18,23-24H,3,8,13-17H2,1-2H3,(H,28,34)(H,31,32). The molecule has 2 N–H and O–H groups in total. The maximum atomic E-state index is 13.4. The number of likely N-dealkylation sites (N-methyl/N-ethyl adjacent to an activating group) is 1. The Morgan fingerprint density at radius 3 is 2.29 bits per heavy atom. The van der Waals surface area contributed by atoms with Crippen LogP contribution in [0.3, 0.4) is 0 Å². The molecule has 8 nitrogen and oxygen atoms in total. The zero-order chi connectivity index (χ0) is 24.9. The van der Waals surface area contributed by atoms with Crippen LogP contribution >= 0.6 is 0 Å². The molecule has 1 heterocycles. The highest BCUT2D eigenvalue weighted by Crippen LogP contribution is 2.44. The third kappa shape index (κ3) is 5.48. The Balaban J connectivity index is 1.45. The summed E-state index contributed by atoms with van der Waals surface area (Å²) in [4.78, 5) is 41.5. The second-order valence-corrected chi connectivity index (χ2v) is 9.33. The molecule has 0 aromatic heterocycles. The summed E-state index contributed by atoms with van der Waals surface area (Å²) in [5.41, 5.74) is 4.40. The van der Waals surface area contributed by atoms with Gasteiger partial charge in [0.15, 0.2) is 0 Å². The summed E-state index contributed by atoms with van der Waals surface area (Å²) in [5, 5.41) is 12.0. The molecule has 8 heteroatoms. The second kappa shape index (κ2) is 10.9. The molecule has 2 aliphatic rings. The SMILES string of the molecule is CCC1CN(C)CCCN1C(=O)C(CC(=O)O)NC(=O)OCC1c2ccccc2-c2ccccc21. The van der Waals surface area contributed by atoms with Gasteiger partial charge in [-0.05, 0) is 48.7 Å². The smallest absolute Gasteiger partial charge is 0.407 e. The Hall–Kier alpha value is -3.39. The predicted octanol–water partition coefficient (Wildman–Crippen LogP) is 3.31. The summed E-state index contributed by atoms with van der Waals surface area (Å²) in [6.45, 7) is 4.22. The van der Waals surface area contributed by atoms with Crippen LogP contribution in [0, 0.1) is 0 Å². The lowest BCUT2D eigenvalue weighted by Gasteiger charge is -2.33. The zero-order valence-corrected chi connectivity index (χ0v) is 20.3. The molecule has 4 rings (SSSR count). The van der Waals surface area contributed by atoms with Gasteiger partial charge in [-0.3, -0.25) is 9.59 Å². The van der Waals surface area contributed by atoms with Crippen molar-refractivity contribution >= 4 is 18.0 Å². The Morgan fingerprint density at radius 2 is 1.69 bits per heavy atom. The summed E-state index contributed by atoms with van der Waals surface area (Å²) >= 11 is 0. The minimum Gasteiger partial charge on any atom is -0.481 e. The summed E-state index contributed by atoms with van der Waals surface area (Å²) in [5.74, 6) is -1.64. The average molecular weight is 480 g/mol. The monoisotopic (exact) mass is 479 g/mol. The van der Waals surface area contributed by atoms with Crippen LogP contribution in [-0.2, 0) is 14.3 Å². The minimum atomic E-state index is -1.18. The third-order valence-corrected chi connectivity index (χ3v) is 6.97. The van der Waals surface area contributed by atoms with Crippen LogP contribution in [0.5, 0.6) is 0 Å². The Labute approximate surface area is 205 Å². The van der Waals surface area contributed by atoms with Crippen molar-refractivity contribution in [3.63, 3.8) is 0 Å². The maximum Gasteiger partial charge on any atom is 0.407 e. The van der Waals surface area contributed by atoms with Crippen LogP contribution in [0.15, 0.2) is 48.5 Å². The molecule has 0 radical (unpaired) electrons. The van der Waals surface area contributed by atoms with Gasteiger partial charge in [0.05, 0.1) is 6.42 Å². The lowest BCUT2D eigenvalue weighted by Crippen LogP contribution is -2.53. The Kier molecular flexibility index (Phi) is 7.70. The third-order valence-electron chi connectivity index (χ3n) is 6.97. The molecular weight excluding hydrogens is 446 g/mol. The molecule has 2 amide bonds. The number of ether oxygens (including phenoxy) is 1. The fourth-order valence-electron chi connectivity index (χ4n) is 5.24. The van der Waals surface area contributed by atoms with E-state index in [1.165, 1.54) is 0 Å². The van der Waals surface area contributed by atoms with Crippen molar-refractivity contribution in [1.82, 2.24) is 15.1 Å². The molecule has 1 aliphatic heterocycles. The van der Waals surface area contributed by atoms with Gasteiger partial charge in [0.25, 0.3) is 0 Å². The summed E-state index contributed by atoms with van der Waals surface area (Å²) < 4.78 is 5.56. The molecule has 2 aromatic rings. The van der Waals surface area contributed by atoms with E-state index in [0.717, 1.165) is 41.6 Å². The lowest BCUT2D eigenvalue weighted by atomic mass is 9.98. The first-order chi connectivity index (χ1) is 16.9. The molecule has 0 saturated carbocycles. The van der Waals surface area contributed by atoms with E-state index >= 15 is 0 Å². The number of fused-ring (bicyclic) bond motifs is 3. The molecule has 0 spiro atoms. The molecule has 2 aromatic carbocycles. The number of nitrogens with one attached hydrogen (secondary N) is 1. The van der Waals surface area contributed by atoms with E-state index in [1.54, 1.807) is 4.90 Å². The van der Waals surface area contributed by atoms with Crippen molar-refractivity contribution in [2.24, 2.45) is 0 Å². The number of nitrogens with zero attached hydrogens (tertiary/aromatic N) is 2. The summed E-state index contributed by atoms with van der Waals surface area (Å²) in [6, 6.07) is 14.8. The van der Waals surface area contributed by atoms with Gasteiger partial charge >= 0.3 is 12.1 Å². The highest BCUT2D eigenvalue weighted by Gasteiger charge is 2.34. The van der Waals surface area contributed by atoms with Gasteiger partial charge in [-0.1, -0.05) is 55.5 Å². The van der Waals surface area contributed by atoms with E-state index in [4.69, 9.17) is 4.74 Å². The van der Waals surface area contributed by atoms with E-state index in [9.17, 15) is 19.5 Å². The molecular formula is C27H33N3O5.